The van der Waals surface area contributed by atoms with Crippen LogP contribution < -0.4 is 5.73 Å². The Morgan fingerprint density at radius 1 is 1.64 bits per heavy atom. The first-order chi connectivity index (χ1) is 6.52. The summed E-state index contributed by atoms with van der Waals surface area (Å²) in [5.74, 6) is -0.150. The molecule has 0 bridgehead atoms. The highest BCUT2D eigenvalue weighted by molar-refractivity contribution is 5.81. The number of nitrogens with zero attached hydrogens (tertiary/aromatic N) is 1. The van der Waals surface area contributed by atoms with E-state index in [2.05, 4.69) is 0 Å². The number of aliphatic hydroxyl groups excluding tert-OH is 1. The van der Waals surface area contributed by atoms with Crippen molar-refractivity contribution in [2.45, 2.75) is 25.5 Å². The van der Waals surface area contributed by atoms with Crippen molar-refractivity contribution in [2.75, 3.05) is 27.3 Å². The van der Waals surface area contributed by atoms with E-state index in [1.165, 1.54) is 12.0 Å². The van der Waals surface area contributed by atoms with Gasteiger partial charge in [0.05, 0.1) is 18.8 Å². The minimum atomic E-state index is -0.655. The predicted molar refractivity (Wildman–Crippen MR) is 53.8 cm³/mol. The number of nitrogens with two attached hydrogens (primary N) is 1. The Labute approximate surface area is 84.8 Å². The quantitative estimate of drug-likeness (QED) is 0.593. The van der Waals surface area contributed by atoms with E-state index >= 15 is 0 Å². The van der Waals surface area contributed by atoms with Crippen LogP contribution >= 0.6 is 0 Å². The number of amides is 1. The van der Waals surface area contributed by atoms with Gasteiger partial charge in [-0.3, -0.25) is 4.79 Å². The Morgan fingerprint density at radius 3 is 2.64 bits per heavy atom. The predicted octanol–water partition coefficient (Wildman–Crippen LogP) is -0.811. The summed E-state index contributed by atoms with van der Waals surface area (Å²) in [6.45, 7) is 2.32. The van der Waals surface area contributed by atoms with Crippen molar-refractivity contribution in [2.24, 2.45) is 5.73 Å². The lowest BCUT2D eigenvalue weighted by Crippen LogP contribution is -2.44. The first kappa shape index (κ1) is 13.4. The van der Waals surface area contributed by atoms with Crippen LogP contribution in [0.1, 0.15) is 13.3 Å². The van der Waals surface area contributed by atoms with Gasteiger partial charge < -0.3 is 20.5 Å². The molecule has 2 atom stereocenters. The van der Waals surface area contributed by atoms with Crippen molar-refractivity contribution in [3.63, 3.8) is 0 Å². The van der Waals surface area contributed by atoms with Gasteiger partial charge in [-0.05, 0) is 6.42 Å². The van der Waals surface area contributed by atoms with Crippen LogP contribution in [0.15, 0.2) is 0 Å². The first-order valence-electron chi connectivity index (χ1n) is 4.70. The fraction of sp³-hybridized carbons (Fsp3) is 0.889. The Hall–Kier alpha value is -0.650. The number of aliphatic hydroxyl groups is 1. The van der Waals surface area contributed by atoms with Gasteiger partial charge in [0.1, 0.15) is 0 Å². The number of carbonyl (C=O) groups excluding carboxylic acids is 1. The highest BCUT2D eigenvalue weighted by Crippen LogP contribution is 1.96. The zero-order chi connectivity index (χ0) is 11.1. The molecule has 0 spiro atoms. The average molecular weight is 204 g/mol. The summed E-state index contributed by atoms with van der Waals surface area (Å²) >= 11 is 0. The molecule has 2 unspecified atom stereocenters. The number of hydrogen-bond acceptors (Lipinski definition) is 4. The maximum Gasteiger partial charge on any atom is 0.239 e. The summed E-state index contributed by atoms with van der Waals surface area (Å²) in [4.78, 5) is 12.9. The molecule has 0 saturated carbocycles. The number of hydrogen-bond donors (Lipinski definition) is 2. The van der Waals surface area contributed by atoms with Crippen molar-refractivity contribution in [3.8, 4) is 0 Å². The van der Waals surface area contributed by atoms with Crippen molar-refractivity contribution in [3.05, 3.63) is 0 Å². The normalized spacial score (nSPS) is 14.9. The van der Waals surface area contributed by atoms with Gasteiger partial charge in [0.2, 0.25) is 5.91 Å². The van der Waals surface area contributed by atoms with E-state index in [0.29, 0.717) is 6.42 Å². The van der Waals surface area contributed by atoms with Gasteiger partial charge in [0.25, 0.3) is 0 Å². The number of likely N-dealkylation sites (N-methyl/N-ethyl adjacent to an activating group) is 1. The lowest BCUT2D eigenvalue weighted by Gasteiger charge is -2.22. The monoisotopic (exact) mass is 204 g/mol. The molecule has 0 aliphatic rings. The topological polar surface area (TPSA) is 75.8 Å². The summed E-state index contributed by atoms with van der Waals surface area (Å²) in [6.07, 6.45) is -0.0539. The molecular weight excluding hydrogens is 184 g/mol. The van der Waals surface area contributed by atoms with E-state index in [4.69, 9.17) is 10.5 Å². The second kappa shape index (κ2) is 6.75. The molecule has 0 rings (SSSR count). The van der Waals surface area contributed by atoms with Gasteiger partial charge >= 0.3 is 0 Å². The second-order valence-electron chi connectivity index (χ2n) is 3.34. The van der Waals surface area contributed by atoms with Crippen LogP contribution in [0, 0.1) is 0 Å². The van der Waals surface area contributed by atoms with Gasteiger partial charge in [-0.1, -0.05) is 6.92 Å². The molecule has 0 aromatic rings. The fourth-order valence-electron chi connectivity index (χ4n) is 1.11. The summed E-state index contributed by atoms with van der Waals surface area (Å²) < 4.78 is 4.75. The number of methoxy groups -OCH3 is 1. The van der Waals surface area contributed by atoms with Gasteiger partial charge in [-0.15, -0.1) is 0 Å². The Bertz CT molecular complexity index is 175. The number of rotatable bonds is 6. The van der Waals surface area contributed by atoms with Crippen molar-refractivity contribution >= 4 is 5.91 Å². The molecule has 0 aromatic heterocycles. The number of ether oxygens (including phenoxy) is 1. The van der Waals surface area contributed by atoms with Crippen molar-refractivity contribution < 1.29 is 14.6 Å². The highest BCUT2D eigenvalue weighted by Gasteiger charge is 2.18. The fourth-order valence-corrected chi connectivity index (χ4v) is 1.11. The van der Waals surface area contributed by atoms with Gasteiger partial charge in [0.15, 0.2) is 0 Å². The third kappa shape index (κ3) is 4.55. The second-order valence-corrected chi connectivity index (χ2v) is 3.34. The van der Waals surface area contributed by atoms with Crippen LogP contribution in [0.3, 0.4) is 0 Å². The minimum Gasteiger partial charge on any atom is -0.389 e. The molecule has 0 aliphatic carbocycles. The van der Waals surface area contributed by atoms with Crippen molar-refractivity contribution in [1.82, 2.24) is 4.90 Å². The molecule has 0 fully saturated rings. The largest absolute Gasteiger partial charge is 0.389 e. The standard InChI is InChI=1S/C9H20N2O3/c1-4-8(10)9(13)11(2)5-7(12)6-14-3/h7-8,12H,4-6,10H2,1-3H3. The Morgan fingerprint density at radius 2 is 2.21 bits per heavy atom. The molecule has 0 aromatic carbocycles. The summed E-state index contributed by atoms with van der Waals surface area (Å²) in [7, 11) is 3.12. The molecular formula is C9H20N2O3. The molecule has 0 saturated heterocycles. The lowest BCUT2D eigenvalue weighted by atomic mass is 10.2. The minimum absolute atomic E-state index is 0.150. The maximum absolute atomic E-state index is 11.5. The number of carbonyl (C=O) groups is 1. The van der Waals surface area contributed by atoms with Crippen LogP contribution in [0.2, 0.25) is 0 Å². The molecule has 3 N–H and O–H groups in total. The molecule has 5 heteroatoms. The summed E-state index contributed by atoms with van der Waals surface area (Å²) in [6, 6.07) is -0.477. The Balaban J connectivity index is 3.94. The SMILES string of the molecule is CCC(N)C(=O)N(C)CC(O)COC. The molecule has 14 heavy (non-hydrogen) atoms. The van der Waals surface area contributed by atoms with E-state index in [-0.39, 0.29) is 19.1 Å². The molecule has 0 radical (unpaired) electrons. The highest BCUT2D eigenvalue weighted by atomic mass is 16.5. The smallest absolute Gasteiger partial charge is 0.239 e. The molecule has 0 aliphatic heterocycles. The van der Waals surface area contributed by atoms with Crippen LogP contribution in [0.5, 0.6) is 0 Å². The van der Waals surface area contributed by atoms with Crippen LogP contribution in [0.4, 0.5) is 0 Å². The van der Waals surface area contributed by atoms with Crippen molar-refractivity contribution in [1.29, 1.82) is 0 Å². The van der Waals surface area contributed by atoms with E-state index in [9.17, 15) is 9.90 Å². The van der Waals surface area contributed by atoms with E-state index in [1.807, 2.05) is 6.92 Å². The third-order valence-electron chi connectivity index (χ3n) is 1.98. The van der Waals surface area contributed by atoms with E-state index in [0.717, 1.165) is 0 Å². The van der Waals surface area contributed by atoms with Crippen LogP contribution in [0.25, 0.3) is 0 Å². The first-order valence-corrected chi connectivity index (χ1v) is 4.70. The summed E-state index contributed by atoms with van der Waals surface area (Å²) in [5, 5.41) is 9.36. The maximum atomic E-state index is 11.5. The zero-order valence-electron chi connectivity index (χ0n) is 9.06. The van der Waals surface area contributed by atoms with E-state index in [1.54, 1.807) is 7.05 Å². The molecule has 5 nitrogen and oxygen atoms in total. The molecule has 0 heterocycles. The molecule has 1 amide bonds. The van der Waals surface area contributed by atoms with Crippen LogP contribution in [-0.2, 0) is 9.53 Å². The average Bonchev–Trinajstić information content (AvgIpc) is 2.15. The zero-order valence-corrected chi connectivity index (χ0v) is 9.06. The lowest BCUT2D eigenvalue weighted by molar-refractivity contribution is -0.133. The third-order valence-corrected chi connectivity index (χ3v) is 1.98. The molecule has 84 valence electrons. The van der Waals surface area contributed by atoms with Gasteiger partial charge in [0, 0.05) is 20.7 Å². The van der Waals surface area contributed by atoms with Crippen LogP contribution in [-0.4, -0.2) is 55.4 Å². The summed E-state index contributed by atoms with van der Waals surface area (Å²) in [5.41, 5.74) is 5.56. The van der Waals surface area contributed by atoms with Gasteiger partial charge in [-0.2, -0.15) is 0 Å². The Kier molecular flexibility index (Phi) is 6.44. The van der Waals surface area contributed by atoms with Gasteiger partial charge in [-0.25, -0.2) is 0 Å². The van der Waals surface area contributed by atoms with E-state index < -0.39 is 12.1 Å².